The minimum absolute atomic E-state index is 0.0649. The molecule has 1 aromatic carbocycles. The van der Waals surface area contributed by atoms with E-state index >= 15 is 0 Å². The number of quaternary nitrogens is 1. The normalized spacial score (nSPS) is 24.1. The molecule has 3 nitrogen and oxygen atoms in total. The molecule has 2 N–H and O–H groups in total. The summed E-state index contributed by atoms with van der Waals surface area (Å²) < 4.78 is 1.06. The highest BCUT2D eigenvalue weighted by Gasteiger charge is 2.24. The van der Waals surface area contributed by atoms with Crippen molar-refractivity contribution in [1.29, 1.82) is 0 Å². The molecule has 1 unspecified atom stereocenters. The Balaban J connectivity index is 1.85. The lowest BCUT2D eigenvalue weighted by Crippen LogP contribution is -3.17. The van der Waals surface area contributed by atoms with E-state index < -0.39 is 0 Å². The summed E-state index contributed by atoms with van der Waals surface area (Å²) >= 11 is 3.43. The van der Waals surface area contributed by atoms with Crippen LogP contribution in [0.15, 0.2) is 28.7 Å². The first-order valence-corrected chi connectivity index (χ1v) is 8.25. The van der Waals surface area contributed by atoms with Crippen LogP contribution in [0.2, 0.25) is 0 Å². The number of likely N-dealkylation sites (tertiary alicyclic amines) is 1. The molecule has 1 aliphatic rings. The van der Waals surface area contributed by atoms with Gasteiger partial charge in [-0.1, -0.05) is 28.1 Å². The Hall–Kier alpha value is -0.870. The van der Waals surface area contributed by atoms with Crippen LogP contribution in [-0.2, 0) is 4.79 Å². The van der Waals surface area contributed by atoms with Crippen molar-refractivity contribution >= 4 is 21.8 Å². The van der Waals surface area contributed by atoms with E-state index in [4.69, 9.17) is 0 Å². The van der Waals surface area contributed by atoms with Gasteiger partial charge in [0.2, 0.25) is 0 Å². The molecule has 0 spiro atoms. The molecule has 3 atom stereocenters. The lowest BCUT2D eigenvalue weighted by Gasteiger charge is -2.30. The van der Waals surface area contributed by atoms with Gasteiger partial charge in [0.05, 0.1) is 18.6 Å². The van der Waals surface area contributed by atoms with Crippen molar-refractivity contribution in [2.24, 2.45) is 0 Å². The van der Waals surface area contributed by atoms with Crippen LogP contribution in [0.3, 0.4) is 0 Å². The first kappa shape index (κ1) is 15.5. The molecule has 0 radical (unpaired) electrons. The van der Waals surface area contributed by atoms with Crippen LogP contribution in [-0.4, -0.2) is 25.0 Å². The third kappa shape index (κ3) is 4.32. The summed E-state index contributed by atoms with van der Waals surface area (Å²) in [6.45, 7) is 6.01. The van der Waals surface area contributed by atoms with Crippen molar-refractivity contribution in [2.75, 3.05) is 13.1 Å². The fourth-order valence-corrected chi connectivity index (χ4v) is 3.11. The number of nitrogens with one attached hydrogen (secondary N) is 2. The number of hydrogen-bond donors (Lipinski definition) is 2. The number of amides is 1. The average Bonchev–Trinajstić information content (AvgIpc) is 2.42. The SMILES string of the molecule is C[C@H](NC(=O)C[NH+]1CCCC[C@H]1C)c1ccc(Br)cc1. The Labute approximate surface area is 129 Å². The van der Waals surface area contributed by atoms with Gasteiger partial charge in [-0.05, 0) is 50.8 Å². The molecule has 1 heterocycles. The molecule has 0 bridgehead atoms. The van der Waals surface area contributed by atoms with Gasteiger partial charge in [-0.3, -0.25) is 4.79 Å². The molecule has 2 rings (SSSR count). The van der Waals surface area contributed by atoms with Crippen LogP contribution >= 0.6 is 15.9 Å². The summed E-state index contributed by atoms with van der Waals surface area (Å²) in [5, 5.41) is 3.11. The molecule has 0 aromatic heterocycles. The molecule has 4 heteroatoms. The minimum atomic E-state index is 0.0649. The lowest BCUT2D eigenvalue weighted by molar-refractivity contribution is -0.921. The van der Waals surface area contributed by atoms with E-state index in [1.54, 1.807) is 0 Å². The fraction of sp³-hybridized carbons (Fsp3) is 0.562. The minimum Gasteiger partial charge on any atom is -0.345 e. The van der Waals surface area contributed by atoms with E-state index in [9.17, 15) is 4.79 Å². The van der Waals surface area contributed by atoms with Gasteiger partial charge < -0.3 is 10.2 Å². The van der Waals surface area contributed by atoms with Gasteiger partial charge in [-0.15, -0.1) is 0 Å². The zero-order valence-electron chi connectivity index (χ0n) is 12.3. The first-order valence-electron chi connectivity index (χ1n) is 7.45. The largest absolute Gasteiger partial charge is 0.345 e. The molecular weight excluding hydrogens is 316 g/mol. The number of carbonyl (C=O) groups excluding carboxylic acids is 1. The van der Waals surface area contributed by atoms with E-state index in [0.29, 0.717) is 12.6 Å². The van der Waals surface area contributed by atoms with Crippen LogP contribution in [0, 0.1) is 0 Å². The van der Waals surface area contributed by atoms with E-state index in [1.807, 2.05) is 31.2 Å². The van der Waals surface area contributed by atoms with Gasteiger partial charge in [-0.2, -0.15) is 0 Å². The number of benzene rings is 1. The maximum absolute atomic E-state index is 12.2. The predicted molar refractivity (Wildman–Crippen MR) is 84.7 cm³/mol. The summed E-state index contributed by atoms with van der Waals surface area (Å²) in [7, 11) is 0. The third-order valence-corrected chi connectivity index (χ3v) is 4.75. The quantitative estimate of drug-likeness (QED) is 0.865. The highest BCUT2D eigenvalue weighted by Crippen LogP contribution is 2.16. The third-order valence-electron chi connectivity index (χ3n) is 4.22. The topological polar surface area (TPSA) is 33.5 Å². The second-order valence-electron chi connectivity index (χ2n) is 5.82. The lowest BCUT2D eigenvalue weighted by atomic mass is 10.0. The van der Waals surface area contributed by atoms with Gasteiger partial charge in [0.25, 0.3) is 5.91 Å². The smallest absolute Gasteiger partial charge is 0.275 e. The Morgan fingerprint density at radius 3 is 2.75 bits per heavy atom. The van der Waals surface area contributed by atoms with Crippen LogP contribution in [0.25, 0.3) is 0 Å². The predicted octanol–water partition coefficient (Wildman–Crippen LogP) is 2.08. The van der Waals surface area contributed by atoms with Crippen LogP contribution in [0.4, 0.5) is 0 Å². The molecule has 20 heavy (non-hydrogen) atoms. The van der Waals surface area contributed by atoms with Gasteiger partial charge >= 0.3 is 0 Å². The standard InChI is InChI=1S/C16H23BrN2O/c1-12-5-3-4-10-19(12)11-16(20)18-13(2)14-6-8-15(17)9-7-14/h6-9,12-13H,3-5,10-11H2,1-2H3,(H,18,20)/p+1/t12-,13+/m1/s1. The maximum atomic E-state index is 12.2. The maximum Gasteiger partial charge on any atom is 0.275 e. The van der Waals surface area contributed by atoms with Gasteiger partial charge in [-0.25, -0.2) is 0 Å². The van der Waals surface area contributed by atoms with Crippen LogP contribution < -0.4 is 10.2 Å². The number of rotatable bonds is 4. The molecule has 1 aliphatic heterocycles. The Bertz CT molecular complexity index is 446. The van der Waals surface area contributed by atoms with Gasteiger partial charge in [0.15, 0.2) is 6.54 Å². The van der Waals surface area contributed by atoms with E-state index in [-0.39, 0.29) is 11.9 Å². The second-order valence-corrected chi connectivity index (χ2v) is 6.74. The number of carbonyl (C=O) groups is 1. The average molecular weight is 340 g/mol. The molecule has 0 saturated carbocycles. The highest BCUT2D eigenvalue weighted by molar-refractivity contribution is 9.10. The second kappa shape index (κ2) is 7.23. The molecular formula is C16H24BrN2O+. The summed E-state index contributed by atoms with van der Waals surface area (Å²) in [4.78, 5) is 13.6. The Morgan fingerprint density at radius 2 is 2.10 bits per heavy atom. The van der Waals surface area contributed by atoms with Crippen molar-refractivity contribution in [2.45, 2.75) is 45.2 Å². The zero-order chi connectivity index (χ0) is 14.5. The van der Waals surface area contributed by atoms with Gasteiger partial charge in [0, 0.05) is 4.47 Å². The highest BCUT2D eigenvalue weighted by atomic mass is 79.9. The van der Waals surface area contributed by atoms with E-state index in [0.717, 1.165) is 16.6 Å². The molecule has 110 valence electrons. The van der Waals surface area contributed by atoms with Crippen molar-refractivity contribution < 1.29 is 9.69 Å². The fourth-order valence-electron chi connectivity index (χ4n) is 2.85. The number of hydrogen-bond acceptors (Lipinski definition) is 1. The number of halogens is 1. The number of piperidine rings is 1. The first-order chi connectivity index (χ1) is 9.56. The summed E-state index contributed by atoms with van der Waals surface area (Å²) in [6, 6.07) is 8.79. The Kier molecular flexibility index (Phi) is 5.61. The molecule has 1 amide bonds. The van der Waals surface area contributed by atoms with Crippen molar-refractivity contribution in [3.8, 4) is 0 Å². The summed E-state index contributed by atoms with van der Waals surface area (Å²) in [6.07, 6.45) is 3.79. The van der Waals surface area contributed by atoms with Crippen molar-refractivity contribution in [3.05, 3.63) is 34.3 Å². The molecule has 1 aromatic rings. The van der Waals surface area contributed by atoms with Crippen molar-refractivity contribution in [1.82, 2.24) is 5.32 Å². The summed E-state index contributed by atoms with van der Waals surface area (Å²) in [5.74, 6) is 0.157. The monoisotopic (exact) mass is 339 g/mol. The molecule has 1 saturated heterocycles. The zero-order valence-corrected chi connectivity index (χ0v) is 13.9. The van der Waals surface area contributed by atoms with E-state index in [2.05, 4.69) is 28.2 Å². The van der Waals surface area contributed by atoms with Gasteiger partial charge in [0.1, 0.15) is 0 Å². The molecule has 1 fully saturated rings. The van der Waals surface area contributed by atoms with E-state index in [1.165, 1.54) is 24.2 Å². The summed E-state index contributed by atoms with van der Waals surface area (Å²) in [5.41, 5.74) is 1.14. The Morgan fingerprint density at radius 1 is 1.40 bits per heavy atom. The van der Waals surface area contributed by atoms with Crippen molar-refractivity contribution in [3.63, 3.8) is 0 Å². The molecule has 0 aliphatic carbocycles. The van der Waals surface area contributed by atoms with Crippen LogP contribution in [0.1, 0.15) is 44.7 Å². The van der Waals surface area contributed by atoms with Crippen LogP contribution in [0.5, 0.6) is 0 Å².